The lowest BCUT2D eigenvalue weighted by atomic mass is 9.94. The molecule has 1 aliphatic rings. The Morgan fingerprint density at radius 1 is 1.33 bits per heavy atom. The fraction of sp³-hybridized carbons (Fsp3) is 0.571. The normalized spacial score (nSPS) is 24.2. The molecule has 0 radical (unpaired) electrons. The third kappa shape index (κ3) is 3.47. The number of hydrogen-bond acceptors (Lipinski definition) is 3. The Balaban J connectivity index is 2.47. The van der Waals surface area contributed by atoms with Crippen LogP contribution in [-0.2, 0) is 16.6 Å². The molecule has 1 saturated heterocycles. The first-order valence-electron chi connectivity index (χ1n) is 6.84. The molecule has 118 valence electrons. The van der Waals surface area contributed by atoms with E-state index in [9.17, 15) is 12.8 Å². The molecular formula is C14H19BrFNO3S. The van der Waals surface area contributed by atoms with Crippen molar-refractivity contribution in [1.29, 1.82) is 0 Å². The van der Waals surface area contributed by atoms with Crippen LogP contribution >= 0.6 is 15.9 Å². The number of aliphatic hydroxyl groups is 1. The van der Waals surface area contributed by atoms with Crippen LogP contribution in [0.15, 0.2) is 21.5 Å². The van der Waals surface area contributed by atoms with Gasteiger partial charge in [-0.1, -0.05) is 29.8 Å². The average molecular weight is 380 g/mol. The first-order valence-corrected chi connectivity index (χ1v) is 9.08. The van der Waals surface area contributed by atoms with Crippen LogP contribution in [0.25, 0.3) is 0 Å². The summed E-state index contributed by atoms with van der Waals surface area (Å²) >= 11 is 3.17. The molecule has 4 nitrogen and oxygen atoms in total. The predicted octanol–water partition coefficient (Wildman–Crippen LogP) is 2.75. The molecule has 0 aliphatic carbocycles. The third-order valence-electron chi connectivity index (χ3n) is 3.70. The van der Waals surface area contributed by atoms with E-state index >= 15 is 0 Å². The number of hydrogen-bond donors (Lipinski definition) is 1. The lowest BCUT2D eigenvalue weighted by Crippen LogP contribution is -2.42. The Morgan fingerprint density at radius 3 is 2.43 bits per heavy atom. The summed E-state index contributed by atoms with van der Waals surface area (Å²) in [6.07, 6.45) is 0.967. The summed E-state index contributed by atoms with van der Waals surface area (Å²) in [6, 6.07) is 2.64. The van der Waals surface area contributed by atoms with E-state index in [0.29, 0.717) is 17.6 Å². The van der Waals surface area contributed by atoms with Crippen molar-refractivity contribution in [3.63, 3.8) is 0 Å². The Hall–Kier alpha value is -0.500. The summed E-state index contributed by atoms with van der Waals surface area (Å²) < 4.78 is 41.5. The monoisotopic (exact) mass is 379 g/mol. The van der Waals surface area contributed by atoms with Crippen LogP contribution in [-0.4, -0.2) is 30.9 Å². The van der Waals surface area contributed by atoms with E-state index < -0.39 is 22.4 Å². The van der Waals surface area contributed by atoms with Crippen LogP contribution in [0.3, 0.4) is 0 Å². The van der Waals surface area contributed by atoms with Gasteiger partial charge in [0.15, 0.2) is 0 Å². The molecule has 2 unspecified atom stereocenters. The van der Waals surface area contributed by atoms with E-state index in [1.807, 2.05) is 13.8 Å². The topological polar surface area (TPSA) is 57.6 Å². The number of aliphatic hydroxyl groups excluding tert-OH is 1. The van der Waals surface area contributed by atoms with Crippen LogP contribution < -0.4 is 0 Å². The van der Waals surface area contributed by atoms with Crippen LogP contribution in [0.1, 0.15) is 25.8 Å². The molecule has 2 atom stereocenters. The van der Waals surface area contributed by atoms with Crippen LogP contribution in [0.4, 0.5) is 4.39 Å². The second-order valence-corrected chi connectivity index (χ2v) is 8.63. The van der Waals surface area contributed by atoms with Gasteiger partial charge in [-0.05, 0) is 30.4 Å². The van der Waals surface area contributed by atoms with Crippen molar-refractivity contribution in [2.24, 2.45) is 11.8 Å². The highest BCUT2D eigenvalue weighted by Gasteiger charge is 2.34. The van der Waals surface area contributed by atoms with Crippen molar-refractivity contribution in [3.05, 3.63) is 28.0 Å². The Kier molecular flexibility index (Phi) is 5.07. The quantitative estimate of drug-likeness (QED) is 0.878. The largest absolute Gasteiger partial charge is 0.392 e. The zero-order valence-corrected chi connectivity index (χ0v) is 14.4. The summed E-state index contributed by atoms with van der Waals surface area (Å²) in [6.45, 7) is 4.24. The molecular weight excluding hydrogens is 361 g/mol. The van der Waals surface area contributed by atoms with Gasteiger partial charge in [0.05, 0.1) is 6.61 Å². The predicted molar refractivity (Wildman–Crippen MR) is 81.7 cm³/mol. The van der Waals surface area contributed by atoms with Gasteiger partial charge in [0, 0.05) is 23.1 Å². The van der Waals surface area contributed by atoms with Crippen molar-refractivity contribution >= 4 is 26.0 Å². The highest BCUT2D eigenvalue weighted by molar-refractivity contribution is 9.10. The molecule has 1 aromatic carbocycles. The summed E-state index contributed by atoms with van der Waals surface area (Å²) in [7, 11) is -3.90. The number of benzene rings is 1. The molecule has 1 aliphatic heterocycles. The molecule has 0 amide bonds. The molecule has 1 N–H and O–H groups in total. The van der Waals surface area contributed by atoms with Gasteiger partial charge in [0.2, 0.25) is 10.0 Å². The van der Waals surface area contributed by atoms with Crippen molar-refractivity contribution in [3.8, 4) is 0 Å². The number of sulfonamides is 1. The zero-order valence-electron chi connectivity index (χ0n) is 12.0. The van der Waals surface area contributed by atoms with E-state index in [0.717, 1.165) is 6.42 Å². The number of halogens is 2. The Morgan fingerprint density at radius 2 is 1.90 bits per heavy atom. The fourth-order valence-corrected chi connectivity index (χ4v) is 5.33. The summed E-state index contributed by atoms with van der Waals surface area (Å²) in [5.74, 6) is -0.376. The smallest absolute Gasteiger partial charge is 0.246 e. The number of nitrogens with zero attached hydrogens (tertiary/aromatic N) is 1. The third-order valence-corrected chi connectivity index (χ3v) is 5.99. The maximum atomic E-state index is 14.3. The van der Waals surface area contributed by atoms with E-state index in [-0.39, 0.29) is 22.3 Å². The molecule has 2 rings (SSSR count). The second kappa shape index (κ2) is 6.32. The van der Waals surface area contributed by atoms with E-state index in [4.69, 9.17) is 5.11 Å². The molecule has 7 heteroatoms. The molecule has 0 spiro atoms. The van der Waals surface area contributed by atoms with E-state index in [2.05, 4.69) is 15.9 Å². The van der Waals surface area contributed by atoms with Crippen LogP contribution in [0.5, 0.6) is 0 Å². The summed E-state index contributed by atoms with van der Waals surface area (Å²) in [4.78, 5) is -0.373. The number of rotatable bonds is 3. The first kappa shape index (κ1) is 16.9. The maximum Gasteiger partial charge on any atom is 0.246 e. The lowest BCUT2D eigenvalue weighted by molar-refractivity contribution is 0.222. The molecule has 0 aromatic heterocycles. The molecule has 1 heterocycles. The van der Waals surface area contributed by atoms with Gasteiger partial charge < -0.3 is 5.11 Å². The highest BCUT2D eigenvalue weighted by atomic mass is 79.9. The minimum absolute atomic E-state index is 0.0268. The Labute approximate surface area is 133 Å². The van der Waals surface area contributed by atoms with Crippen molar-refractivity contribution in [2.75, 3.05) is 13.1 Å². The molecule has 1 aromatic rings. The highest BCUT2D eigenvalue weighted by Crippen LogP contribution is 2.30. The number of piperidine rings is 1. The molecule has 1 fully saturated rings. The summed E-state index contributed by atoms with van der Waals surface area (Å²) in [5.41, 5.74) is -0.0268. The van der Waals surface area contributed by atoms with Gasteiger partial charge in [0.1, 0.15) is 10.7 Å². The summed E-state index contributed by atoms with van der Waals surface area (Å²) in [5, 5.41) is 9.16. The molecule has 21 heavy (non-hydrogen) atoms. The van der Waals surface area contributed by atoms with Gasteiger partial charge in [0.25, 0.3) is 0 Å². The van der Waals surface area contributed by atoms with Crippen molar-refractivity contribution in [2.45, 2.75) is 31.8 Å². The van der Waals surface area contributed by atoms with E-state index in [1.54, 1.807) is 0 Å². The standard InChI is InChI=1S/C14H19BrFNO3S/c1-9-3-10(2)7-17(6-9)21(19,20)13-5-12(15)4-11(8-18)14(13)16/h4-5,9-10,18H,3,6-8H2,1-2H3. The van der Waals surface area contributed by atoms with Gasteiger partial charge in [-0.25, -0.2) is 12.8 Å². The minimum atomic E-state index is -3.90. The first-order chi connectivity index (χ1) is 9.75. The average Bonchev–Trinajstić information content (AvgIpc) is 2.39. The minimum Gasteiger partial charge on any atom is -0.392 e. The van der Waals surface area contributed by atoms with E-state index in [1.165, 1.54) is 16.4 Å². The maximum absolute atomic E-state index is 14.3. The van der Waals surface area contributed by atoms with Crippen LogP contribution in [0.2, 0.25) is 0 Å². The lowest BCUT2D eigenvalue weighted by Gasteiger charge is -2.34. The second-order valence-electron chi connectivity index (χ2n) is 5.80. The zero-order chi connectivity index (χ0) is 15.8. The van der Waals surface area contributed by atoms with Gasteiger partial charge in [-0.2, -0.15) is 4.31 Å². The van der Waals surface area contributed by atoms with Gasteiger partial charge in [-0.15, -0.1) is 0 Å². The van der Waals surface area contributed by atoms with Gasteiger partial charge in [-0.3, -0.25) is 0 Å². The molecule has 0 saturated carbocycles. The van der Waals surface area contributed by atoms with Gasteiger partial charge >= 0.3 is 0 Å². The fourth-order valence-electron chi connectivity index (χ4n) is 2.86. The Bertz CT molecular complexity index is 625. The SMILES string of the molecule is CC1CC(C)CN(S(=O)(=O)c2cc(Br)cc(CO)c2F)C1. The van der Waals surface area contributed by atoms with Crippen LogP contribution in [0, 0.1) is 17.7 Å². The molecule has 0 bridgehead atoms. The van der Waals surface area contributed by atoms with Crippen molar-refractivity contribution < 1.29 is 17.9 Å². The van der Waals surface area contributed by atoms with Crippen molar-refractivity contribution in [1.82, 2.24) is 4.31 Å².